The van der Waals surface area contributed by atoms with Crippen molar-refractivity contribution in [3.63, 3.8) is 0 Å². The first kappa shape index (κ1) is 14.3. The Kier molecular flexibility index (Phi) is 10.9. The zero-order valence-corrected chi connectivity index (χ0v) is 9.49. The van der Waals surface area contributed by atoms with Gasteiger partial charge in [-0.05, 0) is 6.42 Å². The standard InChI is InChI=1S/C10H20O5/c1-3-5-14-15-9-7-12-6-8-13-10(11)4-2/h3-9H2,1-2H3. The van der Waals surface area contributed by atoms with E-state index in [1.165, 1.54) is 0 Å². The number of carbonyl (C=O) groups excluding carboxylic acids is 1. The maximum Gasteiger partial charge on any atom is 0.305 e. The highest BCUT2D eigenvalue weighted by Gasteiger charge is 1.97. The van der Waals surface area contributed by atoms with Gasteiger partial charge in [-0.25, -0.2) is 9.78 Å². The fourth-order valence-corrected chi connectivity index (χ4v) is 0.713. The summed E-state index contributed by atoms with van der Waals surface area (Å²) in [5, 5.41) is 0. The first-order valence-electron chi connectivity index (χ1n) is 5.29. The molecule has 0 spiro atoms. The van der Waals surface area contributed by atoms with E-state index in [2.05, 4.69) is 0 Å². The first-order chi connectivity index (χ1) is 7.31. The third-order valence-corrected chi connectivity index (χ3v) is 1.46. The molecule has 0 N–H and O–H groups in total. The Morgan fingerprint density at radius 2 is 1.60 bits per heavy atom. The number of hydrogen-bond donors (Lipinski definition) is 0. The Morgan fingerprint density at radius 1 is 0.933 bits per heavy atom. The summed E-state index contributed by atoms with van der Waals surface area (Å²) in [5.41, 5.74) is 0. The van der Waals surface area contributed by atoms with E-state index >= 15 is 0 Å². The highest BCUT2D eigenvalue weighted by molar-refractivity contribution is 5.68. The van der Waals surface area contributed by atoms with Gasteiger partial charge in [-0.15, -0.1) is 0 Å². The van der Waals surface area contributed by atoms with Crippen molar-refractivity contribution in [1.29, 1.82) is 0 Å². The molecule has 0 amide bonds. The van der Waals surface area contributed by atoms with Crippen LogP contribution in [-0.4, -0.2) is 39.0 Å². The van der Waals surface area contributed by atoms with E-state index < -0.39 is 0 Å². The van der Waals surface area contributed by atoms with Crippen LogP contribution >= 0.6 is 0 Å². The van der Waals surface area contributed by atoms with Gasteiger partial charge in [0.25, 0.3) is 0 Å². The fraction of sp³-hybridized carbons (Fsp3) is 0.900. The lowest BCUT2D eigenvalue weighted by molar-refractivity contribution is -0.299. The predicted molar refractivity (Wildman–Crippen MR) is 54.3 cm³/mol. The van der Waals surface area contributed by atoms with Crippen molar-refractivity contribution >= 4 is 5.97 Å². The number of hydrogen-bond acceptors (Lipinski definition) is 5. The zero-order valence-electron chi connectivity index (χ0n) is 9.49. The summed E-state index contributed by atoms with van der Waals surface area (Å²) >= 11 is 0. The molecule has 0 aliphatic heterocycles. The number of esters is 1. The third-order valence-electron chi connectivity index (χ3n) is 1.46. The van der Waals surface area contributed by atoms with Crippen molar-refractivity contribution in [2.75, 3.05) is 33.0 Å². The molecule has 0 saturated carbocycles. The maximum atomic E-state index is 10.7. The Bertz CT molecular complexity index is 149. The Morgan fingerprint density at radius 3 is 2.27 bits per heavy atom. The van der Waals surface area contributed by atoms with Gasteiger partial charge in [0.2, 0.25) is 0 Å². The van der Waals surface area contributed by atoms with Gasteiger partial charge in [0, 0.05) is 6.42 Å². The smallest absolute Gasteiger partial charge is 0.305 e. The van der Waals surface area contributed by atoms with Crippen LogP contribution in [0.2, 0.25) is 0 Å². The zero-order chi connectivity index (χ0) is 11.4. The van der Waals surface area contributed by atoms with Gasteiger partial charge in [0.15, 0.2) is 0 Å². The van der Waals surface area contributed by atoms with Gasteiger partial charge in [-0.2, -0.15) is 0 Å². The molecule has 90 valence electrons. The molecule has 0 rings (SSSR count). The third kappa shape index (κ3) is 11.3. The predicted octanol–water partition coefficient (Wildman–Crippen LogP) is 1.31. The lowest BCUT2D eigenvalue weighted by Crippen LogP contribution is -2.12. The first-order valence-corrected chi connectivity index (χ1v) is 5.29. The second-order valence-corrected chi connectivity index (χ2v) is 2.83. The van der Waals surface area contributed by atoms with Crippen LogP contribution in [0.15, 0.2) is 0 Å². The lowest BCUT2D eigenvalue weighted by Gasteiger charge is -2.05. The van der Waals surface area contributed by atoms with Crippen LogP contribution < -0.4 is 0 Å². The second kappa shape index (κ2) is 11.4. The maximum absolute atomic E-state index is 10.7. The average molecular weight is 220 g/mol. The summed E-state index contributed by atoms with van der Waals surface area (Å²) in [6, 6.07) is 0. The molecular formula is C10H20O5. The summed E-state index contributed by atoms with van der Waals surface area (Å²) in [4.78, 5) is 20.3. The van der Waals surface area contributed by atoms with E-state index in [4.69, 9.17) is 19.2 Å². The molecule has 5 heteroatoms. The average Bonchev–Trinajstić information content (AvgIpc) is 2.26. The summed E-state index contributed by atoms with van der Waals surface area (Å²) in [6.07, 6.45) is 1.32. The number of ether oxygens (including phenoxy) is 2. The molecule has 0 atom stereocenters. The molecule has 0 aliphatic rings. The van der Waals surface area contributed by atoms with E-state index in [9.17, 15) is 4.79 Å². The van der Waals surface area contributed by atoms with Crippen molar-refractivity contribution < 1.29 is 24.0 Å². The van der Waals surface area contributed by atoms with Crippen molar-refractivity contribution in [2.24, 2.45) is 0 Å². The van der Waals surface area contributed by atoms with Crippen molar-refractivity contribution in [1.82, 2.24) is 0 Å². The monoisotopic (exact) mass is 220 g/mol. The molecule has 0 saturated heterocycles. The molecular weight excluding hydrogens is 200 g/mol. The molecule has 0 radical (unpaired) electrons. The van der Waals surface area contributed by atoms with E-state index in [1.807, 2.05) is 6.92 Å². The summed E-state index contributed by atoms with van der Waals surface area (Å²) in [5.74, 6) is -0.207. The molecule has 0 aromatic rings. The molecule has 0 fully saturated rings. The molecule has 0 aliphatic carbocycles. The molecule has 0 aromatic carbocycles. The van der Waals surface area contributed by atoms with Gasteiger partial charge >= 0.3 is 5.97 Å². The Labute approximate surface area is 90.6 Å². The van der Waals surface area contributed by atoms with E-state index in [1.54, 1.807) is 6.92 Å². The van der Waals surface area contributed by atoms with Crippen LogP contribution in [-0.2, 0) is 24.0 Å². The van der Waals surface area contributed by atoms with Crippen LogP contribution in [0.3, 0.4) is 0 Å². The minimum absolute atomic E-state index is 0.207. The quantitative estimate of drug-likeness (QED) is 0.240. The minimum atomic E-state index is -0.207. The Balaban J connectivity index is 2.95. The largest absolute Gasteiger partial charge is 0.463 e. The van der Waals surface area contributed by atoms with Crippen molar-refractivity contribution in [3.05, 3.63) is 0 Å². The lowest BCUT2D eigenvalue weighted by atomic mass is 10.5. The van der Waals surface area contributed by atoms with Crippen molar-refractivity contribution in [3.8, 4) is 0 Å². The summed E-state index contributed by atoms with van der Waals surface area (Å²) in [6.45, 7) is 5.86. The van der Waals surface area contributed by atoms with Gasteiger partial charge in [-0.1, -0.05) is 13.8 Å². The summed E-state index contributed by atoms with van der Waals surface area (Å²) in [7, 11) is 0. The normalized spacial score (nSPS) is 10.3. The van der Waals surface area contributed by atoms with Crippen LogP contribution in [0.4, 0.5) is 0 Å². The molecule has 0 aromatic heterocycles. The number of carbonyl (C=O) groups is 1. The van der Waals surface area contributed by atoms with Crippen LogP contribution in [0, 0.1) is 0 Å². The van der Waals surface area contributed by atoms with Crippen LogP contribution in [0.1, 0.15) is 26.7 Å². The minimum Gasteiger partial charge on any atom is -0.463 e. The number of rotatable bonds is 10. The van der Waals surface area contributed by atoms with Crippen LogP contribution in [0.5, 0.6) is 0 Å². The van der Waals surface area contributed by atoms with E-state index in [0.717, 1.165) is 6.42 Å². The highest BCUT2D eigenvalue weighted by atomic mass is 17.2. The van der Waals surface area contributed by atoms with Crippen molar-refractivity contribution in [2.45, 2.75) is 26.7 Å². The molecule has 0 heterocycles. The van der Waals surface area contributed by atoms with Gasteiger partial charge in [0.1, 0.15) is 13.2 Å². The van der Waals surface area contributed by atoms with E-state index in [0.29, 0.717) is 39.5 Å². The summed E-state index contributed by atoms with van der Waals surface area (Å²) < 4.78 is 9.93. The second-order valence-electron chi connectivity index (χ2n) is 2.83. The highest BCUT2D eigenvalue weighted by Crippen LogP contribution is 1.86. The van der Waals surface area contributed by atoms with Gasteiger partial charge < -0.3 is 9.47 Å². The van der Waals surface area contributed by atoms with Gasteiger partial charge in [-0.3, -0.25) is 4.79 Å². The van der Waals surface area contributed by atoms with Crippen LogP contribution in [0.25, 0.3) is 0 Å². The Hall–Kier alpha value is -0.650. The molecule has 0 unspecified atom stereocenters. The molecule has 0 bridgehead atoms. The van der Waals surface area contributed by atoms with Gasteiger partial charge in [0.05, 0.1) is 19.8 Å². The topological polar surface area (TPSA) is 54.0 Å². The molecule has 5 nitrogen and oxygen atoms in total. The van der Waals surface area contributed by atoms with E-state index in [-0.39, 0.29) is 5.97 Å². The molecule has 15 heavy (non-hydrogen) atoms. The fourth-order valence-electron chi connectivity index (χ4n) is 0.713. The SMILES string of the molecule is CCCOOCCOCCOC(=O)CC.